The molecule has 0 aliphatic carbocycles. The summed E-state index contributed by atoms with van der Waals surface area (Å²) in [7, 11) is -3.58. The highest BCUT2D eigenvalue weighted by atomic mass is 35.5. The highest BCUT2D eigenvalue weighted by molar-refractivity contribution is 7.89. The Labute approximate surface area is 182 Å². The molecule has 152 valence electrons. The number of thiophene rings is 1. The molecule has 1 saturated heterocycles. The molecule has 10 heteroatoms. The Balaban J connectivity index is 1.35. The lowest BCUT2D eigenvalue weighted by Crippen LogP contribution is -2.50. The lowest BCUT2D eigenvalue weighted by Gasteiger charge is -2.34. The van der Waals surface area contributed by atoms with Gasteiger partial charge in [-0.3, -0.25) is 4.79 Å². The van der Waals surface area contributed by atoms with E-state index in [0.717, 1.165) is 15.6 Å². The third-order valence-corrected chi connectivity index (χ3v) is 8.75. The number of aromatic nitrogens is 1. The van der Waals surface area contributed by atoms with Crippen molar-refractivity contribution >= 4 is 50.2 Å². The zero-order valence-electron chi connectivity index (χ0n) is 15.3. The van der Waals surface area contributed by atoms with Gasteiger partial charge in [0, 0.05) is 36.6 Å². The number of halogens is 1. The van der Waals surface area contributed by atoms with Gasteiger partial charge in [0.05, 0.1) is 21.9 Å². The lowest BCUT2D eigenvalue weighted by atomic mass is 10.2. The van der Waals surface area contributed by atoms with E-state index in [1.165, 1.54) is 27.8 Å². The van der Waals surface area contributed by atoms with Crippen molar-refractivity contribution in [3.8, 4) is 9.88 Å². The second-order valence-corrected chi connectivity index (χ2v) is 10.7. The lowest BCUT2D eigenvalue weighted by molar-refractivity contribution is -0.131. The molecule has 0 saturated carbocycles. The van der Waals surface area contributed by atoms with Crippen LogP contribution in [-0.4, -0.2) is 54.7 Å². The van der Waals surface area contributed by atoms with E-state index in [1.54, 1.807) is 28.4 Å². The first-order valence-electron chi connectivity index (χ1n) is 8.95. The normalized spacial score (nSPS) is 15.6. The number of carbonyl (C=O) groups excluding carboxylic acids is 1. The molecule has 29 heavy (non-hydrogen) atoms. The van der Waals surface area contributed by atoms with Gasteiger partial charge in [-0.1, -0.05) is 17.7 Å². The summed E-state index contributed by atoms with van der Waals surface area (Å²) in [6.07, 6.45) is 0.228. The van der Waals surface area contributed by atoms with Crippen molar-refractivity contribution in [2.75, 3.05) is 26.2 Å². The van der Waals surface area contributed by atoms with E-state index in [2.05, 4.69) is 4.98 Å². The van der Waals surface area contributed by atoms with E-state index in [4.69, 9.17) is 11.6 Å². The van der Waals surface area contributed by atoms with Crippen molar-refractivity contribution in [3.63, 3.8) is 0 Å². The second-order valence-electron chi connectivity index (χ2n) is 6.54. The van der Waals surface area contributed by atoms with Gasteiger partial charge in [-0.25, -0.2) is 13.4 Å². The van der Waals surface area contributed by atoms with Gasteiger partial charge in [-0.15, -0.1) is 22.7 Å². The third kappa shape index (κ3) is 4.54. The molecule has 2 aromatic heterocycles. The van der Waals surface area contributed by atoms with Gasteiger partial charge in [0.1, 0.15) is 5.01 Å². The smallest absolute Gasteiger partial charge is 0.243 e. The van der Waals surface area contributed by atoms with Crippen LogP contribution in [0.3, 0.4) is 0 Å². The maximum atomic E-state index is 12.8. The van der Waals surface area contributed by atoms with Gasteiger partial charge in [-0.2, -0.15) is 4.31 Å². The Kier molecular flexibility index (Phi) is 6.03. The van der Waals surface area contributed by atoms with Crippen molar-refractivity contribution in [3.05, 3.63) is 57.9 Å². The summed E-state index contributed by atoms with van der Waals surface area (Å²) in [5.41, 5.74) is 0.750. The molecule has 0 unspecified atom stereocenters. The minimum absolute atomic E-state index is 0.0310. The third-order valence-electron chi connectivity index (χ3n) is 4.66. The topological polar surface area (TPSA) is 70.6 Å². The number of hydrogen-bond acceptors (Lipinski definition) is 6. The second kappa shape index (κ2) is 8.53. The van der Waals surface area contributed by atoms with Crippen LogP contribution in [0, 0.1) is 0 Å². The number of thiazole rings is 1. The van der Waals surface area contributed by atoms with E-state index in [9.17, 15) is 13.2 Å². The van der Waals surface area contributed by atoms with Gasteiger partial charge in [0.15, 0.2) is 0 Å². The van der Waals surface area contributed by atoms with Crippen LogP contribution in [0.1, 0.15) is 5.69 Å². The number of rotatable bonds is 5. The predicted molar refractivity (Wildman–Crippen MR) is 116 cm³/mol. The van der Waals surface area contributed by atoms with Crippen LogP contribution in [0.15, 0.2) is 52.1 Å². The average molecular weight is 468 g/mol. The number of benzene rings is 1. The maximum Gasteiger partial charge on any atom is 0.243 e. The fourth-order valence-corrected chi connectivity index (χ4v) is 6.28. The summed E-state index contributed by atoms with van der Waals surface area (Å²) in [4.78, 5) is 20.2. The van der Waals surface area contributed by atoms with E-state index in [1.807, 2.05) is 22.9 Å². The molecular weight excluding hydrogens is 450 g/mol. The van der Waals surface area contributed by atoms with Gasteiger partial charge < -0.3 is 4.90 Å². The van der Waals surface area contributed by atoms with Crippen molar-refractivity contribution < 1.29 is 13.2 Å². The molecule has 1 aromatic carbocycles. The molecule has 4 rings (SSSR count). The summed E-state index contributed by atoms with van der Waals surface area (Å²) in [6, 6.07) is 10.1. The number of piperazine rings is 1. The van der Waals surface area contributed by atoms with Crippen LogP contribution in [0.5, 0.6) is 0 Å². The SMILES string of the molecule is O=C(Cc1csc(-c2cccs2)n1)N1CCN(S(=O)(=O)c2ccc(Cl)cc2)CC1. The monoisotopic (exact) mass is 467 g/mol. The molecule has 1 aliphatic heterocycles. The fraction of sp³-hybridized carbons (Fsp3) is 0.263. The van der Waals surface area contributed by atoms with Crippen molar-refractivity contribution in [1.82, 2.24) is 14.2 Å². The standard InChI is InChI=1S/C19H18ClN3O3S3/c20-14-3-5-16(6-4-14)29(25,26)23-9-7-22(8-10-23)18(24)12-15-13-28-19(21-15)17-2-1-11-27-17/h1-6,11,13H,7-10,12H2. The van der Waals surface area contributed by atoms with Crippen molar-refractivity contribution in [2.24, 2.45) is 0 Å². The predicted octanol–water partition coefficient (Wildman–Crippen LogP) is 3.60. The molecular formula is C19H18ClN3O3S3. The molecule has 1 aliphatic rings. The number of hydrogen-bond donors (Lipinski definition) is 0. The Morgan fingerprint density at radius 1 is 1.07 bits per heavy atom. The molecule has 3 heterocycles. The highest BCUT2D eigenvalue weighted by Crippen LogP contribution is 2.28. The minimum Gasteiger partial charge on any atom is -0.340 e. The zero-order chi connectivity index (χ0) is 20.4. The van der Waals surface area contributed by atoms with Crippen molar-refractivity contribution in [1.29, 1.82) is 0 Å². The van der Waals surface area contributed by atoms with Gasteiger partial charge in [-0.05, 0) is 35.7 Å². The summed E-state index contributed by atoms with van der Waals surface area (Å²) in [5.74, 6) is -0.0310. The minimum atomic E-state index is -3.58. The first-order chi connectivity index (χ1) is 13.9. The van der Waals surface area contributed by atoms with Gasteiger partial charge in [0.2, 0.25) is 15.9 Å². The summed E-state index contributed by atoms with van der Waals surface area (Å²) in [5, 5.41) is 5.32. The first kappa shape index (κ1) is 20.5. The molecule has 0 spiro atoms. The molecule has 0 bridgehead atoms. The fourth-order valence-electron chi connectivity index (χ4n) is 3.10. The van der Waals surface area contributed by atoms with E-state index >= 15 is 0 Å². The number of carbonyl (C=O) groups is 1. The van der Waals surface area contributed by atoms with Crippen LogP contribution < -0.4 is 0 Å². The molecule has 1 fully saturated rings. The first-order valence-corrected chi connectivity index (χ1v) is 12.5. The van der Waals surface area contributed by atoms with Crippen LogP contribution in [0.25, 0.3) is 9.88 Å². The van der Waals surface area contributed by atoms with Crippen LogP contribution in [0.2, 0.25) is 5.02 Å². The molecule has 0 atom stereocenters. The molecule has 0 radical (unpaired) electrons. The molecule has 1 amide bonds. The molecule has 3 aromatic rings. The Bertz CT molecular complexity index is 1090. The van der Waals surface area contributed by atoms with Gasteiger partial charge >= 0.3 is 0 Å². The number of amides is 1. The summed E-state index contributed by atoms with van der Waals surface area (Å²) >= 11 is 8.99. The van der Waals surface area contributed by atoms with E-state index in [-0.39, 0.29) is 30.3 Å². The quantitative estimate of drug-likeness (QED) is 0.574. The summed E-state index contributed by atoms with van der Waals surface area (Å²) < 4.78 is 26.9. The molecule has 6 nitrogen and oxygen atoms in total. The van der Waals surface area contributed by atoms with E-state index < -0.39 is 10.0 Å². The Morgan fingerprint density at radius 2 is 1.79 bits per heavy atom. The van der Waals surface area contributed by atoms with Crippen LogP contribution in [-0.2, 0) is 21.2 Å². The molecule has 0 N–H and O–H groups in total. The number of sulfonamides is 1. The average Bonchev–Trinajstić information content (AvgIpc) is 3.40. The van der Waals surface area contributed by atoms with Crippen LogP contribution >= 0.6 is 34.3 Å². The van der Waals surface area contributed by atoms with Gasteiger partial charge in [0.25, 0.3) is 0 Å². The Hall–Kier alpha value is -1.78. The zero-order valence-corrected chi connectivity index (χ0v) is 18.5. The van der Waals surface area contributed by atoms with Crippen molar-refractivity contribution in [2.45, 2.75) is 11.3 Å². The highest BCUT2D eigenvalue weighted by Gasteiger charge is 2.30. The summed E-state index contributed by atoms with van der Waals surface area (Å²) in [6.45, 7) is 1.28. The largest absolute Gasteiger partial charge is 0.340 e. The number of nitrogens with zero attached hydrogens (tertiary/aromatic N) is 3. The van der Waals surface area contributed by atoms with E-state index in [0.29, 0.717) is 18.1 Å². The maximum absolute atomic E-state index is 12.8. The van der Waals surface area contributed by atoms with Crippen LogP contribution in [0.4, 0.5) is 0 Å². The Morgan fingerprint density at radius 3 is 2.45 bits per heavy atom.